The maximum atomic E-state index is 5.86. The van der Waals surface area contributed by atoms with Gasteiger partial charge in [0.15, 0.2) is 5.16 Å². The lowest BCUT2D eigenvalue weighted by atomic mass is 10.1. The molecule has 0 atom stereocenters. The number of H-pyrrole nitrogens is 1. The molecule has 108 valence electrons. The lowest BCUT2D eigenvalue weighted by Gasteiger charge is -2.09. The number of rotatable bonds is 3. The SMILES string of the molecule is Cc1ccc2nc(Sc3nnc(C)c(C)c3CN)[nH]c2c1. The predicted molar refractivity (Wildman–Crippen MR) is 84.4 cm³/mol. The molecule has 0 fully saturated rings. The van der Waals surface area contributed by atoms with Gasteiger partial charge in [0.25, 0.3) is 0 Å². The van der Waals surface area contributed by atoms with Crippen LogP contribution in [0.25, 0.3) is 11.0 Å². The van der Waals surface area contributed by atoms with E-state index in [1.807, 2.05) is 19.9 Å². The van der Waals surface area contributed by atoms with E-state index >= 15 is 0 Å². The molecule has 0 aliphatic rings. The van der Waals surface area contributed by atoms with Crippen LogP contribution in [0.1, 0.15) is 22.4 Å². The quantitative estimate of drug-likeness (QED) is 0.777. The Balaban J connectivity index is 2.00. The van der Waals surface area contributed by atoms with Crippen LogP contribution in [0.3, 0.4) is 0 Å². The summed E-state index contributed by atoms with van der Waals surface area (Å²) in [5.41, 5.74) is 12.1. The van der Waals surface area contributed by atoms with Crippen LogP contribution in [0.15, 0.2) is 28.4 Å². The van der Waals surface area contributed by atoms with Gasteiger partial charge in [-0.3, -0.25) is 0 Å². The third-order valence-corrected chi connectivity index (χ3v) is 4.47. The average Bonchev–Trinajstić information content (AvgIpc) is 2.84. The Hall–Kier alpha value is -1.92. The van der Waals surface area contributed by atoms with Crippen molar-refractivity contribution in [2.24, 2.45) is 5.73 Å². The highest BCUT2D eigenvalue weighted by Gasteiger charge is 2.13. The summed E-state index contributed by atoms with van der Waals surface area (Å²) in [6.45, 7) is 6.48. The number of imidazole rings is 1. The van der Waals surface area contributed by atoms with Crippen molar-refractivity contribution in [3.05, 3.63) is 40.6 Å². The third-order valence-electron chi connectivity index (χ3n) is 3.56. The number of hydrogen-bond acceptors (Lipinski definition) is 5. The van der Waals surface area contributed by atoms with E-state index in [4.69, 9.17) is 5.73 Å². The summed E-state index contributed by atoms with van der Waals surface area (Å²) >= 11 is 1.47. The molecule has 3 aromatic rings. The first-order chi connectivity index (χ1) is 10.1. The topological polar surface area (TPSA) is 80.5 Å². The van der Waals surface area contributed by atoms with Gasteiger partial charge in [-0.25, -0.2) is 4.98 Å². The van der Waals surface area contributed by atoms with Crippen LogP contribution in [-0.2, 0) is 6.54 Å². The van der Waals surface area contributed by atoms with E-state index in [9.17, 15) is 0 Å². The maximum absolute atomic E-state index is 5.86. The van der Waals surface area contributed by atoms with E-state index in [-0.39, 0.29) is 0 Å². The highest BCUT2D eigenvalue weighted by atomic mass is 32.2. The van der Waals surface area contributed by atoms with Crippen LogP contribution in [0.5, 0.6) is 0 Å². The van der Waals surface area contributed by atoms with Gasteiger partial charge in [-0.2, -0.15) is 5.10 Å². The molecule has 5 nitrogen and oxygen atoms in total. The number of aromatic nitrogens is 4. The van der Waals surface area contributed by atoms with Gasteiger partial charge in [-0.1, -0.05) is 6.07 Å². The van der Waals surface area contributed by atoms with Crippen LogP contribution in [0.2, 0.25) is 0 Å². The van der Waals surface area contributed by atoms with Gasteiger partial charge in [-0.15, -0.1) is 5.10 Å². The number of hydrogen-bond donors (Lipinski definition) is 2. The molecule has 1 aromatic carbocycles. The van der Waals surface area contributed by atoms with Gasteiger partial charge in [-0.05, 0) is 55.8 Å². The smallest absolute Gasteiger partial charge is 0.172 e. The lowest BCUT2D eigenvalue weighted by Crippen LogP contribution is -2.06. The fourth-order valence-electron chi connectivity index (χ4n) is 2.20. The van der Waals surface area contributed by atoms with Gasteiger partial charge >= 0.3 is 0 Å². The van der Waals surface area contributed by atoms with E-state index in [0.29, 0.717) is 6.54 Å². The molecule has 0 spiro atoms. The summed E-state index contributed by atoms with van der Waals surface area (Å²) in [4.78, 5) is 7.89. The molecular weight excluding hydrogens is 282 g/mol. The second-order valence-electron chi connectivity index (χ2n) is 5.06. The van der Waals surface area contributed by atoms with Gasteiger partial charge in [0.1, 0.15) is 5.03 Å². The molecule has 0 radical (unpaired) electrons. The Bertz CT molecular complexity index is 809. The number of aromatic amines is 1. The molecule has 0 saturated carbocycles. The predicted octanol–water partition coefficient (Wildman–Crippen LogP) is 2.89. The van der Waals surface area contributed by atoms with Gasteiger partial charge in [0.05, 0.1) is 16.7 Å². The zero-order valence-electron chi connectivity index (χ0n) is 12.3. The van der Waals surface area contributed by atoms with Crippen molar-refractivity contribution in [1.82, 2.24) is 20.2 Å². The fraction of sp³-hybridized carbons (Fsp3) is 0.267. The Morgan fingerprint density at radius 1 is 1.19 bits per heavy atom. The molecule has 0 amide bonds. The van der Waals surface area contributed by atoms with Gasteiger partial charge in [0.2, 0.25) is 0 Å². The number of nitrogens with two attached hydrogens (primary N) is 1. The molecule has 0 aliphatic heterocycles. The lowest BCUT2D eigenvalue weighted by molar-refractivity contribution is 0.822. The first-order valence-corrected chi connectivity index (χ1v) is 7.57. The van der Waals surface area contributed by atoms with Crippen LogP contribution >= 0.6 is 11.8 Å². The molecule has 3 N–H and O–H groups in total. The van der Waals surface area contributed by atoms with E-state index in [1.165, 1.54) is 17.3 Å². The molecular formula is C15H17N5S. The van der Waals surface area contributed by atoms with E-state index in [0.717, 1.165) is 38.0 Å². The van der Waals surface area contributed by atoms with Crippen molar-refractivity contribution in [3.8, 4) is 0 Å². The van der Waals surface area contributed by atoms with Crippen LogP contribution in [0, 0.1) is 20.8 Å². The Morgan fingerprint density at radius 3 is 2.76 bits per heavy atom. The molecule has 2 aromatic heterocycles. The zero-order chi connectivity index (χ0) is 15.0. The number of aryl methyl sites for hydroxylation is 2. The Kier molecular flexibility index (Phi) is 3.65. The largest absolute Gasteiger partial charge is 0.333 e. The Labute approximate surface area is 127 Å². The van der Waals surface area contributed by atoms with Gasteiger partial charge < -0.3 is 10.7 Å². The maximum Gasteiger partial charge on any atom is 0.172 e. The molecule has 0 unspecified atom stereocenters. The average molecular weight is 299 g/mol. The fourth-order valence-corrected chi connectivity index (χ4v) is 3.13. The zero-order valence-corrected chi connectivity index (χ0v) is 13.1. The molecule has 6 heteroatoms. The second-order valence-corrected chi connectivity index (χ2v) is 6.04. The van der Waals surface area contributed by atoms with Crippen LogP contribution in [0.4, 0.5) is 0 Å². The van der Waals surface area contributed by atoms with Crippen molar-refractivity contribution in [1.29, 1.82) is 0 Å². The van der Waals surface area contributed by atoms with Crippen molar-refractivity contribution >= 4 is 22.8 Å². The van der Waals surface area contributed by atoms with Crippen molar-refractivity contribution in [2.45, 2.75) is 37.5 Å². The van der Waals surface area contributed by atoms with E-state index in [1.54, 1.807) is 0 Å². The van der Waals surface area contributed by atoms with Crippen molar-refractivity contribution < 1.29 is 0 Å². The minimum atomic E-state index is 0.448. The van der Waals surface area contributed by atoms with Gasteiger partial charge in [0, 0.05) is 12.1 Å². The third kappa shape index (κ3) is 2.64. The monoisotopic (exact) mass is 299 g/mol. The van der Waals surface area contributed by atoms with E-state index < -0.39 is 0 Å². The molecule has 21 heavy (non-hydrogen) atoms. The number of nitrogens with zero attached hydrogens (tertiary/aromatic N) is 3. The van der Waals surface area contributed by atoms with E-state index in [2.05, 4.69) is 39.2 Å². The number of benzene rings is 1. The molecule has 0 bridgehead atoms. The van der Waals surface area contributed by atoms with Crippen LogP contribution < -0.4 is 5.73 Å². The van der Waals surface area contributed by atoms with Crippen molar-refractivity contribution in [3.63, 3.8) is 0 Å². The second kappa shape index (κ2) is 5.46. The first-order valence-electron chi connectivity index (χ1n) is 6.75. The summed E-state index contributed by atoms with van der Waals surface area (Å²) in [6, 6.07) is 6.15. The normalized spacial score (nSPS) is 11.2. The highest BCUT2D eigenvalue weighted by molar-refractivity contribution is 7.99. The van der Waals surface area contributed by atoms with Crippen LogP contribution in [-0.4, -0.2) is 20.2 Å². The first kappa shape index (κ1) is 14.0. The minimum Gasteiger partial charge on any atom is -0.333 e. The molecule has 2 heterocycles. The number of nitrogens with one attached hydrogen (secondary N) is 1. The van der Waals surface area contributed by atoms with Crippen molar-refractivity contribution in [2.75, 3.05) is 0 Å². The summed E-state index contributed by atoms with van der Waals surface area (Å²) in [7, 11) is 0. The summed E-state index contributed by atoms with van der Waals surface area (Å²) in [5, 5.41) is 10.1. The molecule has 0 saturated heterocycles. The number of fused-ring (bicyclic) bond motifs is 1. The summed E-state index contributed by atoms with van der Waals surface area (Å²) in [5.74, 6) is 0. The summed E-state index contributed by atoms with van der Waals surface area (Å²) in [6.07, 6.45) is 0. The Morgan fingerprint density at radius 2 is 2.00 bits per heavy atom. The summed E-state index contributed by atoms with van der Waals surface area (Å²) < 4.78 is 0. The standard InChI is InChI=1S/C15H17N5S/c1-8-4-5-12-13(6-8)18-15(17-12)21-14-11(7-16)9(2)10(3)19-20-14/h4-6H,7,16H2,1-3H3,(H,17,18). The molecule has 3 rings (SSSR count). The minimum absolute atomic E-state index is 0.448. The molecule has 0 aliphatic carbocycles. The highest BCUT2D eigenvalue weighted by Crippen LogP contribution is 2.30.